The van der Waals surface area contributed by atoms with E-state index in [1.807, 2.05) is 0 Å². The number of benzene rings is 2. The second-order valence-corrected chi connectivity index (χ2v) is 5.89. The third kappa shape index (κ3) is 3.57. The highest BCUT2D eigenvalue weighted by molar-refractivity contribution is 6.02. The van der Waals surface area contributed by atoms with E-state index >= 15 is 0 Å². The first-order valence-corrected chi connectivity index (χ1v) is 8.14. The Bertz CT molecular complexity index is 773. The molecule has 0 unspecified atom stereocenters. The number of hydrogen-bond acceptors (Lipinski definition) is 4. The first-order valence-electron chi connectivity index (χ1n) is 8.14. The highest BCUT2D eigenvalue weighted by atomic mass is 16.5. The van der Waals surface area contributed by atoms with Gasteiger partial charge in [-0.15, -0.1) is 0 Å². The monoisotopic (exact) mass is 340 g/mol. The number of carbonyl (C=O) groups excluding carboxylic acids is 2. The van der Waals surface area contributed by atoms with Crippen molar-refractivity contribution in [1.82, 2.24) is 4.90 Å². The van der Waals surface area contributed by atoms with Crippen molar-refractivity contribution in [2.75, 3.05) is 19.0 Å². The zero-order valence-electron chi connectivity index (χ0n) is 13.9. The summed E-state index contributed by atoms with van der Waals surface area (Å²) in [6, 6.07) is 12.9. The molecule has 6 nitrogen and oxygen atoms in total. The topological polar surface area (TPSA) is 78.9 Å². The van der Waals surface area contributed by atoms with Crippen LogP contribution in [-0.4, -0.2) is 41.5 Å². The number of amides is 2. The molecular formula is C19H20N2O4. The van der Waals surface area contributed by atoms with E-state index in [1.165, 1.54) is 11.0 Å². The number of nitrogens with one attached hydrogen (secondary N) is 1. The van der Waals surface area contributed by atoms with Crippen molar-refractivity contribution in [3.63, 3.8) is 0 Å². The van der Waals surface area contributed by atoms with Gasteiger partial charge in [-0.2, -0.15) is 0 Å². The molecule has 1 fully saturated rings. The Kier molecular flexibility index (Phi) is 4.88. The minimum Gasteiger partial charge on any atom is -0.507 e. The van der Waals surface area contributed by atoms with Gasteiger partial charge in [-0.25, -0.2) is 0 Å². The van der Waals surface area contributed by atoms with Crippen molar-refractivity contribution in [2.24, 2.45) is 0 Å². The van der Waals surface area contributed by atoms with Gasteiger partial charge in [0, 0.05) is 12.2 Å². The average Bonchev–Trinajstić information content (AvgIpc) is 3.12. The molecular weight excluding hydrogens is 320 g/mol. The maximum absolute atomic E-state index is 12.7. The molecule has 0 aromatic heterocycles. The summed E-state index contributed by atoms with van der Waals surface area (Å²) < 4.78 is 5.09. The first kappa shape index (κ1) is 16.8. The molecule has 25 heavy (non-hydrogen) atoms. The van der Waals surface area contributed by atoms with Crippen molar-refractivity contribution >= 4 is 17.5 Å². The van der Waals surface area contributed by atoms with Crippen LogP contribution in [-0.2, 0) is 4.79 Å². The Hall–Kier alpha value is -3.02. The van der Waals surface area contributed by atoms with E-state index < -0.39 is 6.04 Å². The number of carbonyl (C=O) groups is 2. The highest BCUT2D eigenvalue weighted by Crippen LogP contribution is 2.25. The number of ether oxygens (including phenoxy) is 1. The summed E-state index contributed by atoms with van der Waals surface area (Å²) in [6.07, 6.45) is 1.35. The number of rotatable bonds is 4. The molecule has 0 radical (unpaired) electrons. The number of aromatic hydroxyl groups is 1. The number of anilines is 1. The van der Waals surface area contributed by atoms with Crippen molar-refractivity contribution in [2.45, 2.75) is 18.9 Å². The van der Waals surface area contributed by atoms with Gasteiger partial charge in [0.2, 0.25) is 5.91 Å². The van der Waals surface area contributed by atoms with Gasteiger partial charge in [-0.3, -0.25) is 9.59 Å². The normalized spacial score (nSPS) is 16.5. The number of likely N-dealkylation sites (tertiary alicyclic amines) is 1. The third-order valence-corrected chi connectivity index (χ3v) is 4.31. The molecule has 3 rings (SSSR count). The van der Waals surface area contributed by atoms with E-state index in [2.05, 4.69) is 5.32 Å². The number of phenolic OH excluding ortho intramolecular Hbond substituents is 1. The van der Waals surface area contributed by atoms with Gasteiger partial charge in [0.25, 0.3) is 5.91 Å². The molecule has 0 aliphatic carbocycles. The van der Waals surface area contributed by atoms with Gasteiger partial charge in [-0.05, 0) is 49.2 Å². The Balaban J connectivity index is 1.73. The standard InChI is InChI=1S/C19H20N2O4/c1-25-14-10-8-13(9-11-14)20-18(23)16-6-4-12-21(16)19(24)15-5-2-3-7-17(15)22/h2-3,5,7-11,16,22H,4,6,12H2,1H3,(H,20,23)/t16-/m1/s1. The largest absolute Gasteiger partial charge is 0.507 e. The van der Waals surface area contributed by atoms with Gasteiger partial charge in [0.15, 0.2) is 0 Å². The van der Waals surface area contributed by atoms with Gasteiger partial charge >= 0.3 is 0 Å². The first-order chi connectivity index (χ1) is 12.1. The predicted octanol–water partition coefficient (Wildman–Crippen LogP) is 2.64. The van der Waals surface area contributed by atoms with E-state index in [0.717, 1.165) is 6.42 Å². The van der Waals surface area contributed by atoms with Crippen LogP contribution in [0.15, 0.2) is 48.5 Å². The number of hydrogen-bond donors (Lipinski definition) is 2. The van der Waals surface area contributed by atoms with Crippen molar-refractivity contribution in [3.05, 3.63) is 54.1 Å². The van der Waals surface area contributed by atoms with Crippen LogP contribution < -0.4 is 10.1 Å². The maximum atomic E-state index is 12.7. The molecule has 1 aliphatic heterocycles. The smallest absolute Gasteiger partial charge is 0.258 e. The molecule has 1 atom stereocenters. The zero-order chi connectivity index (χ0) is 17.8. The molecule has 130 valence electrons. The number of nitrogens with zero attached hydrogens (tertiary/aromatic N) is 1. The van der Waals surface area contributed by atoms with Crippen LogP contribution in [0.5, 0.6) is 11.5 Å². The lowest BCUT2D eigenvalue weighted by atomic mass is 10.1. The van der Waals surface area contributed by atoms with Crippen LogP contribution in [0.2, 0.25) is 0 Å². The second kappa shape index (κ2) is 7.25. The number of para-hydroxylation sites is 1. The molecule has 2 amide bonds. The molecule has 1 saturated heterocycles. The Morgan fingerprint density at radius 2 is 1.88 bits per heavy atom. The molecule has 1 aliphatic rings. The van der Waals surface area contributed by atoms with E-state index in [-0.39, 0.29) is 23.1 Å². The second-order valence-electron chi connectivity index (χ2n) is 5.89. The Labute approximate surface area is 146 Å². The number of methoxy groups -OCH3 is 1. The van der Waals surface area contributed by atoms with E-state index in [9.17, 15) is 14.7 Å². The molecule has 2 aromatic carbocycles. The Morgan fingerprint density at radius 1 is 1.16 bits per heavy atom. The minimum atomic E-state index is -0.547. The van der Waals surface area contributed by atoms with Crippen LogP contribution in [0.25, 0.3) is 0 Å². The lowest BCUT2D eigenvalue weighted by Crippen LogP contribution is -2.43. The fraction of sp³-hybridized carbons (Fsp3) is 0.263. The summed E-state index contributed by atoms with van der Waals surface area (Å²) in [7, 11) is 1.58. The van der Waals surface area contributed by atoms with Crippen LogP contribution in [0.1, 0.15) is 23.2 Å². The fourth-order valence-electron chi connectivity index (χ4n) is 2.99. The van der Waals surface area contributed by atoms with Gasteiger partial charge in [-0.1, -0.05) is 12.1 Å². The SMILES string of the molecule is COc1ccc(NC(=O)[C@H]2CCCN2C(=O)c2ccccc2O)cc1. The van der Waals surface area contributed by atoms with Gasteiger partial charge in [0.05, 0.1) is 12.7 Å². The van der Waals surface area contributed by atoms with Crippen LogP contribution in [0, 0.1) is 0 Å². The molecule has 6 heteroatoms. The molecule has 0 spiro atoms. The summed E-state index contributed by atoms with van der Waals surface area (Å²) in [5.41, 5.74) is 0.860. The van der Waals surface area contributed by atoms with Gasteiger partial charge < -0.3 is 20.1 Å². The van der Waals surface area contributed by atoms with Crippen molar-refractivity contribution in [3.8, 4) is 11.5 Å². The van der Waals surface area contributed by atoms with Gasteiger partial charge in [0.1, 0.15) is 17.5 Å². The summed E-state index contributed by atoms with van der Waals surface area (Å²) >= 11 is 0. The summed E-state index contributed by atoms with van der Waals surface area (Å²) in [5, 5.41) is 12.7. The summed E-state index contributed by atoms with van der Waals surface area (Å²) in [6.45, 7) is 0.494. The molecule has 0 bridgehead atoms. The van der Waals surface area contributed by atoms with E-state index in [0.29, 0.717) is 24.4 Å². The molecule has 0 saturated carbocycles. The molecule has 1 heterocycles. The third-order valence-electron chi connectivity index (χ3n) is 4.31. The number of phenols is 1. The predicted molar refractivity (Wildman–Crippen MR) is 93.8 cm³/mol. The van der Waals surface area contributed by atoms with Crippen LogP contribution in [0.3, 0.4) is 0 Å². The van der Waals surface area contributed by atoms with E-state index in [4.69, 9.17) is 4.74 Å². The fourth-order valence-corrected chi connectivity index (χ4v) is 2.99. The maximum Gasteiger partial charge on any atom is 0.258 e. The Morgan fingerprint density at radius 3 is 2.56 bits per heavy atom. The van der Waals surface area contributed by atoms with Crippen molar-refractivity contribution < 1.29 is 19.4 Å². The molecule has 2 aromatic rings. The summed E-state index contributed by atoms with van der Waals surface area (Å²) in [5.74, 6) is 0.0702. The lowest BCUT2D eigenvalue weighted by molar-refractivity contribution is -0.119. The quantitative estimate of drug-likeness (QED) is 0.897. The van der Waals surface area contributed by atoms with Crippen LogP contribution in [0.4, 0.5) is 5.69 Å². The van der Waals surface area contributed by atoms with Crippen molar-refractivity contribution in [1.29, 1.82) is 0 Å². The van der Waals surface area contributed by atoms with Crippen LogP contribution >= 0.6 is 0 Å². The van der Waals surface area contributed by atoms with E-state index in [1.54, 1.807) is 49.6 Å². The average molecular weight is 340 g/mol. The summed E-state index contributed by atoms with van der Waals surface area (Å²) in [4.78, 5) is 26.8. The molecule has 2 N–H and O–H groups in total. The lowest BCUT2D eigenvalue weighted by Gasteiger charge is -2.24. The highest BCUT2D eigenvalue weighted by Gasteiger charge is 2.35. The minimum absolute atomic E-state index is 0.0753. The zero-order valence-corrected chi connectivity index (χ0v) is 13.9.